The number of hydrogen-bond acceptors (Lipinski definition) is 4. The minimum Gasteiger partial charge on any atom is -0.365 e. The number of hydrazine groups is 1. The lowest BCUT2D eigenvalue weighted by atomic mass is 9.83. The number of anilines is 2. The minimum atomic E-state index is -0.790. The first kappa shape index (κ1) is 15.0. The van der Waals surface area contributed by atoms with E-state index in [1.165, 1.54) is 19.3 Å². The maximum Gasteiger partial charge on any atom is 0.178 e. The number of nitrogens with two attached hydrogens (primary N) is 1. The van der Waals surface area contributed by atoms with Crippen molar-refractivity contribution in [3.05, 3.63) is 17.7 Å². The van der Waals surface area contributed by atoms with E-state index >= 15 is 0 Å². The zero-order chi connectivity index (χ0) is 14.5. The average Bonchev–Trinajstić information content (AvgIpc) is 2.47. The highest BCUT2D eigenvalue weighted by Crippen LogP contribution is 2.30. The molecule has 0 saturated heterocycles. The summed E-state index contributed by atoms with van der Waals surface area (Å²) >= 11 is 0. The van der Waals surface area contributed by atoms with E-state index < -0.39 is 11.6 Å². The molecule has 0 bridgehead atoms. The van der Waals surface area contributed by atoms with E-state index in [1.807, 2.05) is 0 Å². The Morgan fingerprint density at radius 3 is 2.50 bits per heavy atom. The summed E-state index contributed by atoms with van der Waals surface area (Å²) in [5.74, 6) is 4.14. The molecule has 1 aliphatic carbocycles. The predicted octanol–water partition coefficient (Wildman–Crippen LogP) is 3.42. The minimum absolute atomic E-state index is 0.0665. The van der Waals surface area contributed by atoms with Crippen LogP contribution in [0.1, 0.15) is 45.4 Å². The van der Waals surface area contributed by atoms with Gasteiger partial charge in [0.15, 0.2) is 23.3 Å². The highest BCUT2D eigenvalue weighted by Gasteiger charge is 2.24. The van der Waals surface area contributed by atoms with E-state index in [-0.39, 0.29) is 17.7 Å². The van der Waals surface area contributed by atoms with E-state index in [9.17, 15) is 8.78 Å². The fourth-order valence-electron chi connectivity index (χ4n) is 2.93. The first-order valence-electron chi connectivity index (χ1n) is 7.25. The number of halogens is 2. The fourth-order valence-corrected chi connectivity index (χ4v) is 2.93. The van der Waals surface area contributed by atoms with Crippen LogP contribution in [0.3, 0.4) is 0 Å². The average molecular weight is 284 g/mol. The molecular weight excluding hydrogens is 262 g/mol. The molecule has 1 aromatic heterocycles. The zero-order valence-corrected chi connectivity index (χ0v) is 11.8. The standard InChI is InChI=1S/C14H22F2N4/c1-2-12(9-6-4-3-5-7-9)18-13-10(15)8-11(16)14(19-13)20-17/h8-9,12H,2-7,17H2,1H3,(H2,18,19,20). The third-order valence-corrected chi connectivity index (χ3v) is 4.05. The Morgan fingerprint density at radius 1 is 1.25 bits per heavy atom. The summed E-state index contributed by atoms with van der Waals surface area (Å²) in [4.78, 5) is 3.88. The number of rotatable bonds is 5. The largest absolute Gasteiger partial charge is 0.365 e. The molecule has 0 amide bonds. The molecule has 1 aliphatic rings. The van der Waals surface area contributed by atoms with Crippen LogP contribution >= 0.6 is 0 Å². The lowest BCUT2D eigenvalue weighted by molar-refractivity contribution is 0.312. The van der Waals surface area contributed by atoms with E-state index in [4.69, 9.17) is 5.84 Å². The van der Waals surface area contributed by atoms with Gasteiger partial charge in [0.2, 0.25) is 0 Å². The Bertz CT molecular complexity index is 447. The van der Waals surface area contributed by atoms with Gasteiger partial charge in [-0.15, -0.1) is 0 Å². The Morgan fingerprint density at radius 2 is 1.90 bits per heavy atom. The number of aromatic nitrogens is 1. The molecule has 1 unspecified atom stereocenters. The van der Waals surface area contributed by atoms with E-state index in [0.29, 0.717) is 5.92 Å². The highest BCUT2D eigenvalue weighted by atomic mass is 19.1. The summed E-state index contributed by atoms with van der Waals surface area (Å²) in [7, 11) is 0. The van der Waals surface area contributed by atoms with Crippen molar-refractivity contribution in [1.29, 1.82) is 0 Å². The van der Waals surface area contributed by atoms with Crippen molar-refractivity contribution in [1.82, 2.24) is 4.98 Å². The normalized spacial score (nSPS) is 17.8. The first-order chi connectivity index (χ1) is 9.65. The Balaban J connectivity index is 2.14. The second-order valence-corrected chi connectivity index (χ2v) is 5.35. The van der Waals surface area contributed by atoms with Crippen molar-refractivity contribution < 1.29 is 8.78 Å². The van der Waals surface area contributed by atoms with Crippen LogP contribution in [0, 0.1) is 17.6 Å². The van der Waals surface area contributed by atoms with Gasteiger partial charge in [-0.25, -0.2) is 19.6 Å². The van der Waals surface area contributed by atoms with Gasteiger partial charge < -0.3 is 10.7 Å². The monoisotopic (exact) mass is 284 g/mol. The Kier molecular flexibility index (Phi) is 5.11. The third-order valence-electron chi connectivity index (χ3n) is 4.05. The number of hydrogen-bond donors (Lipinski definition) is 3. The summed E-state index contributed by atoms with van der Waals surface area (Å²) in [6.07, 6.45) is 6.90. The molecule has 4 N–H and O–H groups in total. The maximum absolute atomic E-state index is 13.8. The quantitative estimate of drug-likeness (QED) is 0.572. The molecule has 0 aromatic carbocycles. The molecule has 2 rings (SSSR count). The molecule has 1 saturated carbocycles. The topological polar surface area (TPSA) is 63.0 Å². The fraction of sp³-hybridized carbons (Fsp3) is 0.643. The SMILES string of the molecule is CCC(Nc1nc(NN)c(F)cc1F)C1CCCCC1. The van der Waals surface area contributed by atoms with Crippen LogP contribution in [-0.4, -0.2) is 11.0 Å². The van der Waals surface area contributed by atoms with Crippen LogP contribution in [0.15, 0.2) is 6.07 Å². The highest BCUT2D eigenvalue weighted by molar-refractivity contribution is 5.47. The van der Waals surface area contributed by atoms with Crippen molar-refractivity contribution in [2.75, 3.05) is 10.7 Å². The molecule has 0 radical (unpaired) electrons. The van der Waals surface area contributed by atoms with E-state index in [1.54, 1.807) is 0 Å². The second kappa shape index (κ2) is 6.83. The number of nitrogens with zero attached hydrogens (tertiary/aromatic N) is 1. The van der Waals surface area contributed by atoms with Crippen LogP contribution in [0.2, 0.25) is 0 Å². The molecule has 0 spiro atoms. The van der Waals surface area contributed by atoms with Gasteiger partial charge in [-0.05, 0) is 25.2 Å². The lowest BCUT2D eigenvalue weighted by Gasteiger charge is -2.30. The molecule has 0 aliphatic heterocycles. The summed E-state index contributed by atoms with van der Waals surface area (Å²) in [6, 6.07) is 0.964. The van der Waals surface area contributed by atoms with Crippen LogP contribution in [0.5, 0.6) is 0 Å². The first-order valence-corrected chi connectivity index (χ1v) is 7.25. The van der Waals surface area contributed by atoms with Crippen molar-refractivity contribution >= 4 is 11.6 Å². The van der Waals surface area contributed by atoms with E-state index in [0.717, 1.165) is 25.3 Å². The molecule has 112 valence electrons. The molecule has 1 aromatic rings. The van der Waals surface area contributed by atoms with Gasteiger partial charge in [0, 0.05) is 12.1 Å². The van der Waals surface area contributed by atoms with E-state index in [2.05, 4.69) is 22.7 Å². The maximum atomic E-state index is 13.8. The smallest absolute Gasteiger partial charge is 0.178 e. The molecule has 20 heavy (non-hydrogen) atoms. The molecule has 4 nitrogen and oxygen atoms in total. The molecular formula is C14H22F2N4. The van der Waals surface area contributed by atoms with Gasteiger partial charge in [-0.3, -0.25) is 0 Å². The molecule has 1 fully saturated rings. The lowest BCUT2D eigenvalue weighted by Crippen LogP contribution is -2.31. The summed E-state index contributed by atoms with van der Waals surface area (Å²) < 4.78 is 27.1. The number of nitrogens with one attached hydrogen (secondary N) is 2. The Hall–Kier alpha value is -1.43. The van der Waals surface area contributed by atoms with Gasteiger partial charge in [0.1, 0.15) is 0 Å². The van der Waals surface area contributed by atoms with Crippen molar-refractivity contribution in [2.45, 2.75) is 51.5 Å². The number of nitrogen functional groups attached to an aromatic ring is 1. The summed E-state index contributed by atoms with van der Waals surface area (Å²) in [5.41, 5.74) is 2.14. The van der Waals surface area contributed by atoms with Gasteiger partial charge in [0.25, 0.3) is 0 Å². The van der Waals surface area contributed by atoms with Crippen molar-refractivity contribution in [2.24, 2.45) is 11.8 Å². The van der Waals surface area contributed by atoms with Crippen molar-refractivity contribution in [3.8, 4) is 0 Å². The van der Waals surface area contributed by atoms with Crippen LogP contribution in [-0.2, 0) is 0 Å². The molecule has 1 heterocycles. The third kappa shape index (κ3) is 3.36. The summed E-state index contributed by atoms with van der Waals surface area (Å²) in [6.45, 7) is 2.07. The number of pyridine rings is 1. The van der Waals surface area contributed by atoms with Gasteiger partial charge in [0.05, 0.1) is 0 Å². The zero-order valence-electron chi connectivity index (χ0n) is 11.8. The summed E-state index contributed by atoms with van der Waals surface area (Å²) in [5, 5.41) is 3.12. The Labute approximate surface area is 118 Å². The van der Waals surface area contributed by atoms with Gasteiger partial charge >= 0.3 is 0 Å². The van der Waals surface area contributed by atoms with Crippen LogP contribution in [0.25, 0.3) is 0 Å². The molecule has 1 atom stereocenters. The van der Waals surface area contributed by atoms with Crippen molar-refractivity contribution in [3.63, 3.8) is 0 Å². The van der Waals surface area contributed by atoms with Gasteiger partial charge in [-0.1, -0.05) is 26.2 Å². The predicted molar refractivity (Wildman–Crippen MR) is 76.2 cm³/mol. The van der Waals surface area contributed by atoms with Crippen LogP contribution < -0.4 is 16.6 Å². The molecule has 6 heteroatoms. The van der Waals surface area contributed by atoms with Crippen LogP contribution in [0.4, 0.5) is 20.4 Å². The second-order valence-electron chi connectivity index (χ2n) is 5.35. The van der Waals surface area contributed by atoms with Gasteiger partial charge in [-0.2, -0.15) is 0 Å².